The largest absolute Gasteiger partial charge is 0.506 e. The molecule has 5 heteroatoms. The lowest BCUT2D eigenvalue weighted by atomic mass is 10.1. The third-order valence-electron chi connectivity index (χ3n) is 2.48. The van der Waals surface area contributed by atoms with Gasteiger partial charge in [-0.3, -0.25) is 0 Å². The number of phenols is 1. The number of phenolic OH excluding ortho intramolecular Hbond substituents is 1. The van der Waals surface area contributed by atoms with Crippen LogP contribution in [0.15, 0.2) is 48.2 Å². The molecule has 0 atom stereocenters. The first-order chi connectivity index (χ1) is 8.99. The summed E-state index contributed by atoms with van der Waals surface area (Å²) in [5.74, 6) is 0.208. The van der Waals surface area contributed by atoms with Crippen molar-refractivity contribution in [3.05, 3.63) is 59.3 Å². The van der Waals surface area contributed by atoms with Crippen molar-refractivity contribution in [2.24, 2.45) is 0 Å². The molecule has 0 heterocycles. The van der Waals surface area contributed by atoms with Crippen molar-refractivity contribution in [1.82, 2.24) is 0 Å². The van der Waals surface area contributed by atoms with Crippen molar-refractivity contribution in [2.45, 2.75) is 0 Å². The first-order valence-corrected chi connectivity index (χ1v) is 8.46. The maximum absolute atomic E-state index is 9.67. The van der Waals surface area contributed by atoms with E-state index in [1.165, 1.54) is 0 Å². The second kappa shape index (κ2) is 6.57. The summed E-state index contributed by atoms with van der Waals surface area (Å²) in [7, 11) is 0. The van der Waals surface area contributed by atoms with Gasteiger partial charge >= 0.3 is 0 Å². The van der Waals surface area contributed by atoms with Crippen LogP contribution in [0, 0.1) is 0 Å². The van der Waals surface area contributed by atoms with E-state index in [1.54, 1.807) is 0 Å². The van der Waals surface area contributed by atoms with Gasteiger partial charge in [-0.15, -0.1) is 0 Å². The maximum atomic E-state index is 9.67. The lowest BCUT2D eigenvalue weighted by molar-refractivity contribution is 0.468. The topological polar surface area (TPSA) is 20.2 Å². The fourth-order valence-electron chi connectivity index (χ4n) is 1.53. The minimum absolute atomic E-state index is 0.208. The van der Waals surface area contributed by atoms with Gasteiger partial charge in [-0.1, -0.05) is 50.1 Å². The highest BCUT2D eigenvalue weighted by Crippen LogP contribution is 2.34. The highest BCUT2D eigenvalue weighted by atomic mass is 79.9. The second-order valence-electron chi connectivity index (χ2n) is 3.80. The van der Waals surface area contributed by atoms with Gasteiger partial charge in [0.2, 0.25) is 0 Å². The molecule has 0 unspecified atom stereocenters. The first-order valence-electron chi connectivity index (χ1n) is 5.29. The van der Waals surface area contributed by atoms with Crippen molar-refractivity contribution < 1.29 is 5.11 Å². The normalized spacial score (nSPS) is 11.2. The smallest absolute Gasteiger partial charge is 0.143 e. The molecule has 2 aromatic rings. The van der Waals surface area contributed by atoms with Gasteiger partial charge in [-0.25, -0.2) is 0 Å². The summed E-state index contributed by atoms with van der Waals surface area (Å²) in [6.07, 6.45) is 4.00. The molecular weight excluding hydrogens is 504 g/mol. The number of halogens is 4. The van der Waals surface area contributed by atoms with Crippen molar-refractivity contribution in [2.75, 3.05) is 0 Å². The van der Waals surface area contributed by atoms with Crippen LogP contribution in [0.2, 0.25) is 0 Å². The predicted molar refractivity (Wildman–Crippen MR) is 94.3 cm³/mol. The van der Waals surface area contributed by atoms with Crippen LogP contribution in [0.5, 0.6) is 5.75 Å². The van der Waals surface area contributed by atoms with Gasteiger partial charge in [-0.2, -0.15) is 0 Å². The Bertz CT molecular complexity index is 607. The number of rotatable bonds is 2. The minimum Gasteiger partial charge on any atom is -0.506 e. The van der Waals surface area contributed by atoms with Crippen molar-refractivity contribution >= 4 is 75.9 Å². The first kappa shape index (κ1) is 15.3. The van der Waals surface area contributed by atoms with Crippen LogP contribution in [0.3, 0.4) is 0 Å². The Balaban J connectivity index is 2.38. The lowest BCUT2D eigenvalue weighted by Gasteiger charge is -2.04. The number of aromatic hydroxyl groups is 1. The molecule has 0 aromatic heterocycles. The Kier molecular flexibility index (Phi) is 5.29. The average molecular weight is 512 g/mol. The van der Waals surface area contributed by atoms with E-state index in [2.05, 4.69) is 63.7 Å². The van der Waals surface area contributed by atoms with Crippen LogP contribution in [0.4, 0.5) is 0 Å². The summed E-state index contributed by atoms with van der Waals surface area (Å²) < 4.78 is 3.37. The van der Waals surface area contributed by atoms with Crippen LogP contribution < -0.4 is 0 Å². The van der Waals surface area contributed by atoms with Gasteiger partial charge in [0.05, 0.1) is 8.95 Å². The highest BCUT2D eigenvalue weighted by Gasteiger charge is 2.05. The summed E-state index contributed by atoms with van der Waals surface area (Å²) in [5.41, 5.74) is 2.06. The fourth-order valence-corrected chi connectivity index (χ4v) is 4.02. The molecule has 0 aliphatic carbocycles. The standard InChI is InChI=1S/C14H8Br4O/c15-10-2-1-3-11(16)9(10)5-4-8-6-12(17)14(19)13(18)7-8/h1-7,19H/b5-4+. The molecule has 0 saturated carbocycles. The molecule has 0 aliphatic rings. The van der Waals surface area contributed by atoms with Gasteiger partial charge in [0.15, 0.2) is 0 Å². The number of benzene rings is 2. The third-order valence-corrected chi connectivity index (χ3v) is 5.07. The van der Waals surface area contributed by atoms with E-state index in [0.717, 1.165) is 20.1 Å². The molecule has 2 aromatic carbocycles. The maximum Gasteiger partial charge on any atom is 0.143 e. The Labute approximate surface area is 145 Å². The lowest BCUT2D eigenvalue weighted by Crippen LogP contribution is -1.80. The van der Waals surface area contributed by atoms with Crippen LogP contribution in [-0.2, 0) is 0 Å². The van der Waals surface area contributed by atoms with Crippen LogP contribution in [0.1, 0.15) is 11.1 Å². The molecular formula is C14H8Br4O. The van der Waals surface area contributed by atoms with Gasteiger partial charge < -0.3 is 5.11 Å². The molecule has 0 saturated heterocycles. The molecule has 0 aliphatic heterocycles. The summed E-state index contributed by atoms with van der Waals surface area (Å²) in [6.45, 7) is 0. The Hall–Kier alpha value is -0.100. The van der Waals surface area contributed by atoms with Crippen LogP contribution >= 0.6 is 63.7 Å². The molecule has 0 bridgehead atoms. The average Bonchev–Trinajstić information content (AvgIpc) is 2.35. The zero-order chi connectivity index (χ0) is 14.0. The zero-order valence-electron chi connectivity index (χ0n) is 9.50. The summed E-state index contributed by atoms with van der Waals surface area (Å²) in [6, 6.07) is 9.68. The van der Waals surface area contributed by atoms with E-state index in [0.29, 0.717) is 8.95 Å². The predicted octanol–water partition coefficient (Wildman–Crippen LogP) is 6.61. The molecule has 1 nitrogen and oxygen atoms in total. The van der Waals surface area contributed by atoms with Crippen LogP contribution in [0.25, 0.3) is 12.2 Å². The Morgan fingerprint density at radius 1 is 0.789 bits per heavy atom. The van der Waals surface area contributed by atoms with E-state index in [1.807, 2.05) is 42.5 Å². The quantitative estimate of drug-likeness (QED) is 0.450. The highest BCUT2D eigenvalue weighted by molar-refractivity contribution is 9.11. The van der Waals surface area contributed by atoms with Crippen LogP contribution in [-0.4, -0.2) is 5.11 Å². The van der Waals surface area contributed by atoms with Gasteiger partial charge in [0, 0.05) is 14.5 Å². The van der Waals surface area contributed by atoms with E-state index in [4.69, 9.17) is 0 Å². The second-order valence-corrected chi connectivity index (χ2v) is 7.22. The Morgan fingerprint density at radius 3 is 1.84 bits per heavy atom. The van der Waals surface area contributed by atoms with E-state index in [-0.39, 0.29) is 5.75 Å². The van der Waals surface area contributed by atoms with Crippen molar-refractivity contribution in [3.8, 4) is 5.75 Å². The molecule has 19 heavy (non-hydrogen) atoms. The molecule has 0 spiro atoms. The summed E-state index contributed by atoms with van der Waals surface area (Å²) >= 11 is 13.7. The third kappa shape index (κ3) is 3.72. The monoisotopic (exact) mass is 508 g/mol. The fraction of sp³-hybridized carbons (Fsp3) is 0. The molecule has 0 amide bonds. The van der Waals surface area contributed by atoms with Crippen molar-refractivity contribution in [3.63, 3.8) is 0 Å². The van der Waals surface area contributed by atoms with Crippen molar-refractivity contribution in [1.29, 1.82) is 0 Å². The SMILES string of the molecule is Oc1c(Br)cc(/C=C/c2c(Br)cccc2Br)cc1Br. The summed E-state index contributed by atoms with van der Waals surface area (Å²) in [4.78, 5) is 0. The van der Waals surface area contributed by atoms with Gasteiger partial charge in [0.25, 0.3) is 0 Å². The molecule has 1 N–H and O–H groups in total. The number of hydrogen-bond donors (Lipinski definition) is 1. The molecule has 98 valence electrons. The van der Waals surface area contributed by atoms with Gasteiger partial charge in [-0.05, 0) is 61.7 Å². The number of hydrogen-bond acceptors (Lipinski definition) is 1. The molecule has 0 fully saturated rings. The Morgan fingerprint density at radius 2 is 1.32 bits per heavy atom. The summed E-state index contributed by atoms with van der Waals surface area (Å²) in [5, 5.41) is 9.67. The van der Waals surface area contributed by atoms with E-state index in [9.17, 15) is 5.11 Å². The zero-order valence-corrected chi connectivity index (χ0v) is 15.8. The van der Waals surface area contributed by atoms with Gasteiger partial charge in [0.1, 0.15) is 5.75 Å². The molecule has 2 rings (SSSR count). The van der Waals surface area contributed by atoms with E-state index >= 15 is 0 Å². The minimum atomic E-state index is 0.208. The van der Waals surface area contributed by atoms with E-state index < -0.39 is 0 Å². The molecule has 0 radical (unpaired) electrons.